The Kier molecular flexibility index (Phi) is 8.11. The minimum Gasteiger partial charge on any atom is -0.343 e. The van der Waals surface area contributed by atoms with Crippen molar-refractivity contribution in [1.29, 1.82) is 0 Å². The second-order valence-corrected chi connectivity index (χ2v) is 7.39. The molecule has 0 aliphatic carbocycles. The van der Waals surface area contributed by atoms with Crippen molar-refractivity contribution in [3.05, 3.63) is 107 Å². The molecule has 0 bridgehead atoms. The molecule has 1 heterocycles. The second-order valence-electron chi connectivity index (χ2n) is 7.39. The second kappa shape index (κ2) is 11.2. The highest BCUT2D eigenvalue weighted by molar-refractivity contribution is 5.84. The van der Waals surface area contributed by atoms with E-state index in [0.717, 1.165) is 36.6 Å². The minimum atomic E-state index is -0.178. The molecule has 0 amide bonds. The predicted octanol–water partition coefficient (Wildman–Crippen LogP) is 6.74. The first-order chi connectivity index (χ1) is 15.1. The zero-order valence-corrected chi connectivity index (χ0v) is 17.7. The number of nitrogens with zero attached hydrogens (tertiary/aromatic N) is 1. The fraction of sp³-hybridized carbons (Fsp3) is 0.222. The first kappa shape index (κ1) is 22.4. The highest BCUT2D eigenvalue weighted by Gasteiger charge is 2.09. The molecule has 4 rings (SSSR count). The van der Waals surface area contributed by atoms with Gasteiger partial charge in [-0.1, -0.05) is 61.5 Å². The molecule has 0 aliphatic rings. The van der Waals surface area contributed by atoms with Gasteiger partial charge in [-0.2, -0.15) is 0 Å². The van der Waals surface area contributed by atoms with E-state index in [1.54, 1.807) is 18.2 Å². The van der Waals surface area contributed by atoms with Crippen LogP contribution in [-0.4, -0.2) is 10.9 Å². The summed E-state index contributed by atoms with van der Waals surface area (Å²) in [6.07, 6.45) is 6.10. The lowest BCUT2D eigenvalue weighted by Gasteiger charge is -2.06. The summed E-state index contributed by atoms with van der Waals surface area (Å²) in [6, 6.07) is 21.9. The summed E-state index contributed by atoms with van der Waals surface area (Å²) in [5.74, 6) is -0.275. The summed E-state index contributed by atoms with van der Waals surface area (Å²) in [4.78, 5) is 10.5. The molecular formula is C27H27F2NO. The number of hydrogen-bond donors (Lipinski definition) is 0. The summed E-state index contributed by atoms with van der Waals surface area (Å²) in [7, 11) is 0. The fourth-order valence-corrected chi connectivity index (χ4v) is 3.62. The lowest BCUT2D eigenvalue weighted by atomic mass is 10.1. The van der Waals surface area contributed by atoms with Crippen LogP contribution < -0.4 is 0 Å². The summed E-state index contributed by atoms with van der Waals surface area (Å²) in [5, 5.41) is 1.18. The number of aromatic nitrogens is 1. The van der Waals surface area contributed by atoms with Crippen molar-refractivity contribution in [3.8, 4) is 0 Å². The van der Waals surface area contributed by atoms with Crippen molar-refractivity contribution in [3.63, 3.8) is 0 Å². The molecule has 0 atom stereocenters. The number of halogens is 2. The Morgan fingerprint density at radius 2 is 1.42 bits per heavy atom. The SMILES string of the molecule is CCc1ccccc1F.O=CCCCc1cn(Cc2ccccc2F)c2ccccc12. The van der Waals surface area contributed by atoms with Gasteiger partial charge >= 0.3 is 0 Å². The Balaban J connectivity index is 0.000000254. The standard InChI is InChI=1S/C19H18FNO.C8H9F/c20-18-10-3-1-8-16(18)14-21-13-15(7-5-6-12-22)17-9-2-4-11-19(17)21;1-2-7-5-3-4-6-8(7)9/h1-4,8-13H,5-7,14H2;3-6H,2H2,1H3. The average Bonchev–Trinajstić information content (AvgIpc) is 3.14. The molecule has 4 heteroatoms. The highest BCUT2D eigenvalue weighted by Crippen LogP contribution is 2.24. The van der Waals surface area contributed by atoms with Crippen LogP contribution in [0.2, 0.25) is 0 Å². The molecule has 2 nitrogen and oxygen atoms in total. The lowest BCUT2D eigenvalue weighted by molar-refractivity contribution is -0.107. The van der Waals surface area contributed by atoms with Gasteiger partial charge in [-0.25, -0.2) is 8.78 Å². The van der Waals surface area contributed by atoms with Gasteiger partial charge in [0.15, 0.2) is 0 Å². The molecule has 4 aromatic rings. The summed E-state index contributed by atoms with van der Waals surface area (Å²) in [6.45, 7) is 2.46. The number of fused-ring (bicyclic) bond motifs is 1. The Morgan fingerprint density at radius 1 is 0.806 bits per heavy atom. The van der Waals surface area contributed by atoms with E-state index in [2.05, 4.69) is 22.9 Å². The van der Waals surface area contributed by atoms with Gasteiger partial charge in [0.1, 0.15) is 17.9 Å². The van der Waals surface area contributed by atoms with Gasteiger partial charge in [0, 0.05) is 29.1 Å². The number of carbonyl (C=O) groups excluding carboxylic acids is 1. The van der Waals surface area contributed by atoms with E-state index in [1.807, 2.05) is 37.3 Å². The predicted molar refractivity (Wildman–Crippen MR) is 122 cm³/mol. The molecule has 31 heavy (non-hydrogen) atoms. The number of aldehydes is 1. The third kappa shape index (κ3) is 5.88. The molecule has 160 valence electrons. The Bertz CT molecular complexity index is 1130. The molecular weight excluding hydrogens is 392 g/mol. The normalized spacial score (nSPS) is 10.5. The van der Waals surface area contributed by atoms with Gasteiger partial charge in [-0.3, -0.25) is 0 Å². The highest BCUT2D eigenvalue weighted by atomic mass is 19.1. The maximum Gasteiger partial charge on any atom is 0.128 e. The maximum absolute atomic E-state index is 13.9. The van der Waals surface area contributed by atoms with E-state index in [4.69, 9.17) is 0 Å². The number of para-hydroxylation sites is 1. The molecule has 0 fully saturated rings. The van der Waals surface area contributed by atoms with Crippen molar-refractivity contribution in [1.82, 2.24) is 4.57 Å². The van der Waals surface area contributed by atoms with Crippen LogP contribution in [-0.2, 0) is 24.2 Å². The van der Waals surface area contributed by atoms with E-state index < -0.39 is 0 Å². The number of unbranched alkanes of at least 4 members (excludes halogenated alkanes) is 1. The van der Waals surface area contributed by atoms with Crippen LogP contribution in [0, 0.1) is 11.6 Å². The van der Waals surface area contributed by atoms with Crippen molar-refractivity contribution < 1.29 is 13.6 Å². The first-order valence-electron chi connectivity index (χ1n) is 10.6. The molecule has 0 N–H and O–H groups in total. The monoisotopic (exact) mass is 419 g/mol. The smallest absolute Gasteiger partial charge is 0.128 e. The molecule has 3 aromatic carbocycles. The van der Waals surface area contributed by atoms with E-state index in [-0.39, 0.29) is 11.6 Å². The van der Waals surface area contributed by atoms with Gasteiger partial charge in [-0.05, 0) is 48.6 Å². The number of benzene rings is 3. The Hall–Kier alpha value is -3.27. The largest absolute Gasteiger partial charge is 0.343 e. The van der Waals surface area contributed by atoms with Crippen LogP contribution in [0.4, 0.5) is 8.78 Å². The molecule has 0 saturated heterocycles. The Labute approximate surface area is 182 Å². The van der Waals surface area contributed by atoms with Crippen LogP contribution in [0.15, 0.2) is 79.0 Å². The fourth-order valence-electron chi connectivity index (χ4n) is 3.62. The van der Waals surface area contributed by atoms with E-state index >= 15 is 0 Å². The van der Waals surface area contributed by atoms with Gasteiger partial charge in [0.25, 0.3) is 0 Å². The van der Waals surface area contributed by atoms with Gasteiger partial charge in [0.05, 0.1) is 6.54 Å². The average molecular weight is 420 g/mol. The van der Waals surface area contributed by atoms with Crippen molar-refractivity contribution in [2.24, 2.45) is 0 Å². The van der Waals surface area contributed by atoms with Crippen molar-refractivity contribution >= 4 is 17.2 Å². The number of aryl methyl sites for hydroxylation is 2. The van der Waals surface area contributed by atoms with Crippen LogP contribution >= 0.6 is 0 Å². The van der Waals surface area contributed by atoms with Gasteiger partial charge in [-0.15, -0.1) is 0 Å². The van der Waals surface area contributed by atoms with Crippen LogP contribution in [0.25, 0.3) is 10.9 Å². The molecule has 0 unspecified atom stereocenters. The summed E-state index contributed by atoms with van der Waals surface area (Å²) < 4.78 is 28.6. The summed E-state index contributed by atoms with van der Waals surface area (Å²) in [5.41, 5.74) is 3.79. The summed E-state index contributed by atoms with van der Waals surface area (Å²) >= 11 is 0. The molecule has 1 aromatic heterocycles. The van der Waals surface area contributed by atoms with Crippen LogP contribution in [0.3, 0.4) is 0 Å². The zero-order valence-electron chi connectivity index (χ0n) is 17.7. The topological polar surface area (TPSA) is 22.0 Å². The molecule has 0 aliphatic heterocycles. The zero-order chi connectivity index (χ0) is 22.1. The van der Waals surface area contributed by atoms with E-state index in [1.165, 1.54) is 23.1 Å². The molecule has 0 saturated carbocycles. The van der Waals surface area contributed by atoms with E-state index in [0.29, 0.717) is 18.5 Å². The number of hydrogen-bond acceptors (Lipinski definition) is 1. The third-order valence-electron chi connectivity index (χ3n) is 5.28. The van der Waals surface area contributed by atoms with Gasteiger partial charge in [0.2, 0.25) is 0 Å². The molecule has 0 radical (unpaired) electrons. The van der Waals surface area contributed by atoms with E-state index in [9.17, 15) is 13.6 Å². The van der Waals surface area contributed by atoms with Crippen LogP contribution in [0.5, 0.6) is 0 Å². The van der Waals surface area contributed by atoms with Crippen molar-refractivity contribution in [2.45, 2.75) is 39.2 Å². The Morgan fingerprint density at radius 3 is 2.03 bits per heavy atom. The van der Waals surface area contributed by atoms with Crippen molar-refractivity contribution in [2.75, 3.05) is 0 Å². The number of carbonyl (C=O) groups is 1. The lowest BCUT2D eigenvalue weighted by Crippen LogP contribution is -2.00. The molecule has 0 spiro atoms. The first-order valence-corrected chi connectivity index (χ1v) is 10.6. The number of rotatable bonds is 7. The quantitative estimate of drug-likeness (QED) is 0.240. The van der Waals surface area contributed by atoms with Crippen LogP contribution in [0.1, 0.15) is 36.5 Å². The minimum absolute atomic E-state index is 0.0972. The van der Waals surface area contributed by atoms with Gasteiger partial charge < -0.3 is 9.36 Å². The third-order valence-corrected chi connectivity index (χ3v) is 5.28. The maximum atomic E-state index is 13.9.